The van der Waals surface area contributed by atoms with E-state index in [0.29, 0.717) is 23.2 Å². The predicted octanol–water partition coefficient (Wildman–Crippen LogP) is 4.75. The summed E-state index contributed by atoms with van der Waals surface area (Å²) >= 11 is 7.58. The van der Waals surface area contributed by atoms with Gasteiger partial charge in [0.25, 0.3) is 5.91 Å². The lowest BCUT2D eigenvalue weighted by Gasteiger charge is -2.39. The van der Waals surface area contributed by atoms with Gasteiger partial charge in [0, 0.05) is 28.8 Å². The van der Waals surface area contributed by atoms with Gasteiger partial charge in [-0.2, -0.15) is 0 Å². The highest BCUT2D eigenvalue weighted by Gasteiger charge is 2.39. The Bertz CT molecular complexity index is 989. The summed E-state index contributed by atoms with van der Waals surface area (Å²) in [6, 6.07) is 15.9. The summed E-state index contributed by atoms with van der Waals surface area (Å²) in [6.07, 6.45) is 5.23. The number of halogens is 1. The maximum absolute atomic E-state index is 12.7. The monoisotopic (exact) mass is 454 g/mol. The zero-order chi connectivity index (χ0) is 21.8. The second-order valence-corrected chi connectivity index (χ2v) is 10.1. The predicted molar refractivity (Wildman–Crippen MR) is 128 cm³/mol. The van der Waals surface area contributed by atoms with E-state index in [-0.39, 0.29) is 23.8 Å². The van der Waals surface area contributed by atoms with Gasteiger partial charge in [-0.3, -0.25) is 9.59 Å². The number of hydrogen-bond acceptors (Lipinski definition) is 3. The van der Waals surface area contributed by atoms with Crippen LogP contribution in [-0.4, -0.2) is 29.7 Å². The number of rotatable bonds is 5. The molecule has 4 rings (SSSR count). The van der Waals surface area contributed by atoms with E-state index in [0.717, 1.165) is 35.3 Å². The molecule has 2 aromatic carbocycles. The summed E-state index contributed by atoms with van der Waals surface area (Å²) in [5.41, 5.74) is 3.37. The number of hydrogen-bond donors (Lipinski definition) is 2. The van der Waals surface area contributed by atoms with Gasteiger partial charge in [-0.05, 0) is 61.9 Å². The molecule has 0 spiro atoms. The molecule has 162 valence electrons. The normalized spacial score (nSPS) is 24.4. The molecule has 0 aromatic heterocycles. The van der Waals surface area contributed by atoms with Gasteiger partial charge in [-0.25, -0.2) is 0 Å². The molecule has 1 aliphatic carbocycles. The highest BCUT2D eigenvalue weighted by Crippen LogP contribution is 2.40. The number of thioether (sulfide) groups is 1. The molecule has 0 bridgehead atoms. The van der Waals surface area contributed by atoms with Crippen molar-refractivity contribution in [3.63, 3.8) is 0 Å². The zero-order valence-electron chi connectivity index (χ0n) is 17.6. The fourth-order valence-corrected chi connectivity index (χ4v) is 5.69. The van der Waals surface area contributed by atoms with Crippen LogP contribution in [0.25, 0.3) is 6.08 Å². The van der Waals surface area contributed by atoms with Crippen LogP contribution in [0.4, 0.5) is 0 Å². The molecule has 2 amide bonds. The Kier molecular flexibility index (Phi) is 7.03. The summed E-state index contributed by atoms with van der Waals surface area (Å²) in [6.45, 7) is 2.66. The van der Waals surface area contributed by atoms with Crippen molar-refractivity contribution in [2.75, 3.05) is 6.54 Å². The van der Waals surface area contributed by atoms with Gasteiger partial charge in [0.2, 0.25) is 5.91 Å². The van der Waals surface area contributed by atoms with Crippen LogP contribution in [-0.2, 0) is 16.0 Å². The summed E-state index contributed by atoms with van der Waals surface area (Å²) in [7, 11) is 0. The minimum Gasteiger partial charge on any atom is -0.356 e. The minimum atomic E-state index is -0.0466. The van der Waals surface area contributed by atoms with Gasteiger partial charge in [-0.1, -0.05) is 53.6 Å². The second-order valence-electron chi connectivity index (χ2n) is 8.34. The topological polar surface area (TPSA) is 58.2 Å². The highest BCUT2D eigenvalue weighted by molar-refractivity contribution is 8.04. The average molecular weight is 455 g/mol. The lowest BCUT2D eigenvalue weighted by atomic mass is 9.84. The van der Waals surface area contributed by atoms with Crippen molar-refractivity contribution >= 4 is 41.3 Å². The van der Waals surface area contributed by atoms with Crippen molar-refractivity contribution in [2.24, 2.45) is 5.92 Å². The Morgan fingerprint density at radius 2 is 2.03 bits per heavy atom. The molecule has 3 unspecified atom stereocenters. The Balaban J connectivity index is 1.30. The number of amides is 2. The molecule has 2 aliphatic rings. The molecule has 31 heavy (non-hydrogen) atoms. The SMILES string of the molecule is Cc1cccc(/C=C2/SC3CCC(C(=O)NCCc4ccc(Cl)cc4)CC3NC2=O)c1. The summed E-state index contributed by atoms with van der Waals surface area (Å²) < 4.78 is 0. The van der Waals surface area contributed by atoms with Gasteiger partial charge in [0.05, 0.1) is 4.91 Å². The maximum atomic E-state index is 12.7. The third-order valence-electron chi connectivity index (χ3n) is 5.94. The molecule has 3 atom stereocenters. The molecule has 2 N–H and O–H groups in total. The third-order valence-corrected chi connectivity index (χ3v) is 7.62. The molecular formula is C25H27ClN2O2S. The minimum absolute atomic E-state index is 0.0310. The van der Waals surface area contributed by atoms with Crippen molar-refractivity contribution in [3.05, 3.63) is 75.1 Å². The number of aryl methyl sites for hydroxylation is 1. The molecule has 1 saturated carbocycles. The summed E-state index contributed by atoms with van der Waals surface area (Å²) in [4.78, 5) is 26.1. The first kappa shape index (κ1) is 22.0. The molecule has 4 nitrogen and oxygen atoms in total. The van der Waals surface area contributed by atoms with Crippen LogP contribution in [0.5, 0.6) is 0 Å². The van der Waals surface area contributed by atoms with E-state index in [1.807, 2.05) is 55.5 Å². The average Bonchev–Trinajstić information content (AvgIpc) is 2.75. The van der Waals surface area contributed by atoms with Crippen LogP contribution in [0.15, 0.2) is 53.4 Å². The van der Waals surface area contributed by atoms with Crippen LogP contribution in [0.3, 0.4) is 0 Å². The van der Waals surface area contributed by atoms with Crippen molar-refractivity contribution in [2.45, 2.75) is 43.9 Å². The van der Waals surface area contributed by atoms with E-state index in [2.05, 4.69) is 16.7 Å². The summed E-state index contributed by atoms with van der Waals surface area (Å²) in [5, 5.41) is 7.26. The Morgan fingerprint density at radius 3 is 2.81 bits per heavy atom. The van der Waals surface area contributed by atoms with Crippen LogP contribution < -0.4 is 10.6 Å². The molecule has 2 aromatic rings. The molecule has 1 aliphatic heterocycles. The second kappa shape index (κ2) is 9.92. The van der Waals surface area contributed by atoms with Gasteiger partial charge in [0.1, 0.15) is 0 Å². The number of carbonyl (C=O) groups is 2. The lowest BCUT2D eigenvalue weighted by molar-refractivity contribution is -0.127. The Hall–Kier alpha value is -2.24. The first-order valence-electron chi connectivity index (χ1n) is 10.8. The van der Waals surface area contributed by atoms with Crippen LogP contribution in [0, 0.1) is 12.8 Å². The standard InChI is InChI=1S/C25H27ClN2O2S/c1-16-3-2-4-18(13-16)14-23-25(30)28-21-15-19(7-10-22(21)31-23)24(29)27-12-11-17-5-8-20(26)9-6-17/h2-6,8-9,13-14,19,21-22H,7,10-12,15H2,1H3,(H,27,29)(H,28,30)/b23-14+. The van der Waals surface area contributed by atoms with Gasteiger partial charge >= 0.3 is 0 Å². The third kappa shape index (κ3) is 5.72. The van der Waals surface area contributed by atoms with E-state index >= 15 is 0 Å². The molecule has 1 saturated heterocycles. The molecule has 0 radical (unpaired) electrons. The van der Waals surface area contributed by atoms with Crippen molar-refractivity contribution in [3.8, 4) is 0 Å². The molecular weight excluding hydrogens is 428 g/mol. The van der Waals surface area contributed by atoms with Crippen LogP contribution >= 0.6 is 23.4 Å². The number of carbonyl (C=O) groups excluding carboxylic acids is 2. The van der Waals surface area contributed by atoms with Crippen molar-refractivity contribution in [1.29, 1.82) is 0 Å². The van der Waals surface area contributed by atoms with E-state index in [1.165, 1.54) is 5.56 Å². The van der Waals surface area contributed by atoms with Gasteiger partial charge in [0.15, 0.2) is 0 Å². The first-order valence-corrected chi connectivity index (χ1v) is 12.0. The fraction of sp³-hybridized carbons (Fsp3) is 0.360. The number of nitrogens with one attached hydrogen (secondary N) is 2. The van der Waals surface area contributed by atoms with Gasteiger partial charge in [-0.15, -0.1) is 11.8 Å². The van der Waals surface area contributed by atoms with Crippen molar-refractivity contribution in [1.82, 2.24) is 10.6 Å². The first-order chi connectivity index (χ1) is 15.0. The zero-order valence-corrected chi connectivity index (χ0v) is 19.1. The van der Waals surface area contributed by atoms with Crippen molar-refractivity contribution < 1.29 is 9.59 Å². The highest BCUT2D eigenvalue weighted by atomic mass is 35.5. The van der Waals surface area contributed by atoms with E-state index in [1.54, 1.807) is 11.8 Å². The molecule has 1 heterocycles. The van der Waals surface area contributed by atoms with Crippen LogP contribution in [0.1, 0.15) is 36.0 Å². The fourth-order valence-electron chi connectivity index (χ4n) is 4.27. The number of benzene rings is 2. The smallest absolute Gasteiger partial charge is 0.257 e. The van der Waals surface area contributed by atoms with E-state index in [4.69, 9.17) is 11.6 Å². The van der Waals surface area contributed by atoms with Crippen LogP contribution in [0.2, 0.25) is 5.02 Å². The van der Waals surface area contributed by atoms with E-state index in [9.17, 15) is 9.59 Å². The molecule has 2 fully saturated rings. The Labute approximate surface area is 192 Å². The van der Waals surface area contributed by atoms with Gasteiger partial charge < -0.3 is 10.6 Å². The lowest BCUT2D eigenvalue weighted by Crippen LogP contribution is -2.51. The quantitative estimate of drug-likeness (QED) is 0.641. The maximum Gasteiger partial charge on any atom is 0.257 e. The number of fused-ring (bicyclic) bond motifs is 1. The molecule has 6 heteroatoms. The largest absolute Gasteiger partial charge is 0.356 e. The summed E-state index contributed by atoms with van der Waals surface area (Å²) in [5.74, 6) is 0.0129. The Morgan fingerprint density at radius 1 is 1.23 bits per heavy atom. The van der Waals surface area contributed by atoms with E-state index < -0.39 is 0 Å².